The van der Waals surface area contributed by atoms with Crippen LogP contribution >= 0.6 is 57.1 Å². The van der Waals surface area contributed by atoms with Crippen LogP contribution in [0.25, 0.3) is 0 Å². The Labute approximate surface area is 122 Å². The zero-order valence-electron chi connectivity index (χ0n) is 8.14. The average Bonchev–Trinajstić information content (AvgIpc) is 2.63. The molecule has 2 rings (SSSR count). The maximum Gasteiger partial charge on any atom is 0.0648 e. The molecule has 0 amide bonds. The van der Waals surface area contributed by atoms with E-state index in [2.05, 4.69) is 27.9 Å². The van der Waals surface area contributed by atoms with Gasteiger partial charge in [0.1, 0.15) is 0 Å². The average molecular weight is 384 g/mol. The number of hydrogen-bond acceptors (Lipinski definition) is 2. The zero-order valence-corrected chi connectivity index (χ0v) is 12.6. The van der Waals surface area contributed by atoms with Crippen molar-refractivity contribution in [2.75, 3.05) is 5.32 Å². The van der Waals surface area contributed by atoms with Crippen LogP contribution in [0.2, 0.25) is 10.0 Å². The minimum absolute atomic E-state index is 0.745. The van der Waals surface area contributed by atoms with Crippen molar-refractivity contribution in [2.24, 2.45) is 0 Å². The van der Waals surface area contributed by atoms with Gasteiger partial charge in [0.15, 0.2) is 0 Å². The number of halogens is 3. The molecule has 0 radical (unpaired) electrons. The molecule has 1 nitrogen and oxygen atoms in total. The molecule has 0 saturated heterocycles. The number of anilines is 1. The van der Waals surface area contributed by atoms with Gasteiger partial charge >= 0.3 is 0 Å². The van der Waals surface area contributed by atoms with Crippen molar-refractivity contribution in [3.8, 4) is 0 Å². The van der Waals surface area contributed by atoms with Crippen LogP contribution in [0.15, 0.2) is 29.6 Å². The van der Waals surface area contributed by atoms with E-state index in [4.69, 9.17) is 23.2 Å². The molecular weight excluding hydrogens is 376 g/mol. The van der Waals surface area contributed by atoms with E-state index in [1.54, 1.807) is 11.3 Å². The van der Waals surface area contributed by atoms with Gasteiger partial charge in [0.25, 0.3) is 0 Å². The fourth-order valence-electron chi connectivity index (χ4n) is 1.26. The molecule has 0 bridgehead atoms. The van der Waals surface area contributed by atoms with Crippen LogP contribution in [0.5, 0.6) is 0 Å². The first kappa shape index (κ1) is 12.5. The summed E-state index contributed by atoms with van der Waals surface area (Å²) in [5, 5.41) is 6.74. The van der Waals surface area contributed by atoms with Crippen molar-refractivity contribution in [1.29, 1.82) is 0 Å². The van der Waals surface area contributed by atoms with Gasteiger partial charge in [-0.3, -0.25) is 0 Å². The molecule has 1 aromatic carbocycles. The first-order valence-corrected chi connectivity index (χ1v) is 7.28. The van der Waals surface area contributed by atoms with Crippen LogP contribution in [-0.2, 0) is 6.54 Å². The smallest absolute Gasteiger partial charge is 0.0648 e. The van der Waals surface area contributed by atoms with Crippen molar-refractivity contribution in [1.82, 2.24) is 0 Å². The van der Waals surface area contributed by atoms with Crippen molar-refractivity contribution in [3.05, 3.63) is 48.1 Å². The van der Waals surface area contributed by atoms with Gasteiger partial charge in [-0.05, 0) is 46.9 Å². The predicted octanol–water partition coefficient (Wildman–Crippen LogP) is 5.27. The number of thiophene rings is 1. The van der Waals surface area contributed by atoms with E-state index < -0.39 is 0 Å². The van der Waals surface area contributed by atoms with E-state index in [0.29, 0.717) is 0 Å². The largest absolute Gasteiger partial charge is 0.379 e. The van der Waals surface area contributed by atoms with Crippen LogP contribution in [0, 0.1) is 3.57 Å². The summed E-state index contributed by atoms with van der Waals surface area (Å²) < 4.78 is 1.13. The molecular formula is C11H8Cl2INS. The summed E-state index contributed by atoms with van der Waals surface area (Å²) in [7, 11) is 0. The van der Waals surface area contributed by atoms with Crippen LogP contribution in [-0.4, -0.2) is 0 Å². The summed E-state index contributed by atoms with van der Waals surface area (Å²) >= 11 is 15.8. The molecule has 0 aliphatic heterocycles. The molecule has 0 unspecified atom stereocenters. The summed E-state index contributed by atoms with van der Waals surface area (Å²) in [5.74, 6) is 0. The first-order chi connectivity index (χ1) is 7.65. The third kappa shape index (κ3) is 3.26. The molecule has 1 N–H and O–H groups in total. The number of rotatable bonds is 3. The van der Waals surface area contributed by atoms with E-state index >= 15 is 0 Å². The maximum atomic E-state index is 6.11. The molecule has 2 aromatic rings. The highest BCUT2D eigenvalue weighted by molar-refractivity contribution is 14.1. The fraction of sp³-hybridized carbons (Fsp3) is 0.0909. The van der Waals surface area contributed by atoms with E-state index in [0.717, 1.165) is 25.8 Å². The zero-order chi connectivity index (χ0) is 11.5. The Bertz CT molecular complexity index is 498. The SMILES string of the molecule is Clc1csc(CNc2ccc(I)cc2Cl)c1. The predicted molar refractivity (Wildman–Crippen MR) is 80.8 cm³/mol. The van der Waals surface area contributed by atoms with Gasteiger partial charge in [0.2, 0.25) is 0 Å². The molecule has 0 spiro atoms. The Morgan fingerprint density at radius 2 is 2.06 bits per heavy atom. The minimum Gasteiger partial charge on any atom is -0.379 e. The Kier molecular flexibility index (Phi) is 4.35. The van der Waals surface area contributed by atoms with E-state index in [1.807, 2.05) is 29.6 Å². The molecule has 1 heterocycles. The highest BCUT2D eigenvalue weighted by atomic mass is 127. The second-order valence-corrected chi connectivity index (χ2v) is 6.29. The van der Waals surface area contributed by atoms with Crippen molar-refractivity contribution < 1.29 is 0 Å². The Morgan fingerprint density at radius 3 is 2.69 bits per heavy atom. The first-order valence-electron chi connectivity index (χ1n) is 4.57. The summed E-state index contributed by atoms with van der Waals surface area (Å²) in [4.78, 5) is 1.19. The molecule has 0 aliphatic carbocycles. The molecule has 84 valence electrons. The summed E-state index contributed by atoms with van der Waals surface area (Å²) in [6, 6.07) is 7.90. The lowest BCUT2D eigenvalue weighted by atomic mass is 10.3. The lowest BCUT2D eigenvalue weighted by Gasteiger charge is -2.07. The lowest BCUT2D eigenvalue weighted by Crippen LogP contribution is -1.97. The molecule has 5 heteroatoms. The third-order valence-corrected chi connectivity index (χ3v) is 4.27. The number of benzene rings is 1. The van der Waals surface area contributed by atoms with Crippen LogP contribution < -0.4 is 5.32 Å². The second-order valence-electron chi connectivity index (χ2n) is 3.21. The van der Waals surface area contributed by atoms with Crippen molar-refractivity contribution in [3.63, 3.8) is 0 Å². The molecule has 16 heavy (non-hydrogen) atoms. The highest BCUT2D eigenvalue weighted by Crippen LogP contribution is 2.25. The third-order valence-electron chi connectivity index (χ3n) is 2.01. The number of hydrogen-bond donors (Lipinski definition) is 1. The standard InChI is InChI=1S/C11H8Cl2INS/c12-7-3-9(16-6-7)5-15-11-2-1-8(14)4-10(11)13/h1-4,6,15H,5H2. The van der Waals surface area contributed by atoms with Gasteiger partial charge in [-0.2, -0.15) is 0 Å². The Morgan fingerprint density at radius 1 is 1.25 bits per heavy atom. The molecule has 0 saturated carbocycles. The normalized spacial score (nSPS) is 10.4. The van der Waals surface area contributed by atoms with E-state index in [-0.39, 0.29) is 0 Å². The molecule has 0 atom stereocenters. The summed E-state index contributed by atoms with van der Waals surface area (Å²) in [5.41, 5.74) is 0.951. The maximum absolute atomic E-state index is 6.11. The van der Waals surface area contributed by atoms with Gasteiger partial charge in [0.05, 0.1) is 15.7 Å². The second kappa shape index (κ2) is 5.58. The number of nitrogens with one attached hydrogen (secondary N) is 1. The monoisotopic (exact) mass is 383 g/mol. The topological polar surface area (TPSA) is 12.0 Å². The van der Waals surface area contributed by atoms with Crippen LogP contribution in [0.3, 0.4) is 0 Å². The van der Waals surface area contributed by atoms with Gasteiger partial charge in [-0.25, -0.2) is 0 Å². The summed E-state index contributed by atoms with van der Waals surface area (Å²) in [6.45, 7) is 0.748. The molecule has 0 aliphatic rings. The Hall–Kier alpha value is 0.0300. The van der Waals surface area contributed by atoms with Crippen molar-refractivity contribution >= 4 is 62.8 Å². The van der Waals surface area contributed by atoms with E-state index in [9.17, 15) is 0 Å². The van der Waals surface area contributed by atoms with E-state index in [1.165, 1.54) is 4.88 Å². The van der Waals surface area contributed by atoms with Crippen molar-refractivity contribution in [2.45, 2.75) is 6.54 Å². The Balaban J connectivity index is 2.04. The van der Waals surface area contributed by atoms with Crippen LogP contribution in [0.4, 0.5) is 5.69 Å². The quantitative estimate of drug-likeness (QED) is 0.711. The summed E-state index contributed by atoms with van der Waals surface area (Å²) in [6.07, 6.45) is 0. The fourth-order valence-corrected chi connectivity index (χ4v) is 3.20. The minimum atomic E-state index is 0.745. The lowest BCUT2D eigenvalue weighted by molar-refractivity contribution is 1.19. The molecule has 1 aromatic heterocycles. The van der Waals surface area contributed by atoms with Gasteiger partial charge in [-0.15, -0.1) is 11.3 Å². The van der Waals surface area contributed by atoms with Crippen LogP contribution in [0.1, 0.15) is 4.88 Å². The van der Waals surface area contributed by atoms with Gasteiger partial charge in [0, 0.05) is 20.4 Å². The van der Waals surface area contributed by atoms with Gasteiger partial charge < -0.3 is 5.32 Å². The molecule has 0 fully saturated rings. The highest BCUT2D eigenvalue weighted by Gasteiger charge is 2.02. The van der Waals surface area contributed by atoms with Gasteiger partial charge in [-0.1, -0.05) is 23.2 Å².